The van der Waals surface area contributed by atoms with Gasteiger partial charge in [0.15, 0.2) is 0 Å². The van der Waals surface area contributed by atoms with Crippen LogP contribution in [0.1, 0.15) is 20.7 Å². The predicted octanol–water partition coefficient (Wildman–Crippen LogP) is 3.21. The standard InChI is InChI=1S/C16H11ClN2O2/c17-13-14(19-9-5-2-1-3-6-9)16(21)12-10(15(13)20)7-4-8-11(12)18/h1-8,19H,18H2. The van der Waals surface area contributed by atoms with Gasteiger partial charge in [0.2, 0.25) is 11.6 Å². The topological polar surface area (TPSA) is 72.2 Å². The molecule has 5 heteroatoms. The lowest BCUT2D eigenvalue weighted by atomic mass is 9.91. The highest BCUT2D eigenvalue weighted by Gasteiger charge is 2.32. The smallest absolute Gasteiger partial charge is 0.213 e. The van der Waals surface area contributed by atoms with E-state index >= 15 is 0 Å². The molecule has 0 amide bonds. The molecule has 1 aliphatic rings. The lowest BCUT2D eigenvalue weighted by Gasteiger charge is -2.20. The first-order valence-corrected chi connectivity index (χ1v) is 6.67. The largest absolute Gasteiger partial charge is 0.398 e. The second-order valence-corrected chi connectivity index (χ2v) is 4.99. The number of Topliss-reactive ketones (excluding diaryl/α,β-unsaturated/α-hetero) is 2. The molecule has 2 aromatic carbocycles. The average Bonchev–Trinajstić information content (AvgIpc) is 2.50. The third-order valence-corrected chi connectivity index (χ3v) is 3.62. The van der Waals surface area contributed by atoms with Crippen LogP contribution in [-0.2, 0) is 0 Å². The Morgan fingerprint density at radius 3 is 2.33 bits per heavy atom. The fourth-order valence-corrected chi connectivity index (χ4v) is 2.48. The van der Waals surface area contributed by atoms with Gasteiger partial charge in [-0.05, 0) is 18.2 Å². The van der Waals surface area contributed by atoms with Crippen LogP contribution in [0.4, 0.5) is 11.4 Å². The molecular formula is C16H11ClN2O2. The second kappa shape index (κ2) is 5.07. The van der Waals surface area contributed by atoms with Crippen molar-refractivity contribution in [1.29, 1.82) is 0 Å². The van der Waals surface area contributed by atoms with Crippen molar-refractivity contribution < 1.29 is 9.59 Å². The maximum Gasteiger partial charge on any atom is 0.213 e. The van der Waals surface area contributed by atoms with E-state index in [9.17, 15) is 9.59 Å². The van der Waals surface area contributed by atoms with Crippen LogP contribution in [0.3, 0.4) is 0 Å². The number of hydrogen-bond acceptors (Lipinski definition) is 4. The Bertz CT molecular complexity index is 782. The number of hydrogen-bond donors (Lipinski definition) is 2. The molecule has 0 aromatic heterocycles. The van der Waals surface area contributed by atoms with Gasteiger partial charge in [-0.15, -0.1) is 0 Å². The van der Waals surface area contributed by atoms with E-state index in [0.717, 1.165) is 0 Å². The number of ketones is 2. The molecule has 0 heterocycles. The molecule has 0 atom stereocenters. The van der Waals surface area contributed by atoms with Crippen molar-refractivity contribution >= 4 is 34.5 Å². The van der Waals surface area contributed by atoms with Crippen LogP contribution in [0.5, 0.6) is 0 Å². The summed E-state index contributed by atoms with van der Waals surface area (Å²) >= 11 is 6.06. The SMILES string of the molecule is Nc1cccc2c1C(=O)C(Nc1ccccc1)=C(Cl)C2=O. The van der Waals surface area contributed by atoms with Gasteiger partial charge in [-0.2, -0.15) is 0 Å². The van der Waals surface area contributed by atoms with Crippen LogP contribution in [0.25, 0.3) is 0 Å². The molecule has 0 radical (unpaired) electrons. The minimum atomic E-state index is -0.406. The van der Waals surface area contributed by atoms with Crippen LogP contribution < -0.4 is 11.1 Å². The first-order valence-electron chi connectivity index (χ1n) is 6.29. The number of nitrogens with two attached hydrogens (primary N) is 1. The van der Waals surface area contributed by atoms with Gasteiger partial charge in [-0.3, -0.25) is 9.59 Å². The first kappa shape index (κ1) is 13.4. The number of para-hydroxylation sites is 1. The van der Waals surface area contributed by atoms with E-state index in [1.54, 1.807) is 30.3 Å². The van der Waals surface area contributed by atoms with Crippen molar-refractivity contribution in [3.8, 4) is 0 Å². The molecule has 4 nitrogen and oxygen atoms in total. The minimum Gasteiger partial charge on any atom is -0.398 e. The van der Waals surface area contributed by atoms with Crippen LogP contribution in [0.2, 0.25) is 0 Å². The van der Waals surface area contributed by atoms with Crippen molar-refractivity contribution in [3.05, 3.63) is 70.4 Å². The van der Waals surface area contributed by atoms with Gasteiger partial charge in [0, 0.05) is 16.9 Å². The summed E-state index contributed by atoms with van der Waals surface area (Å²) in [6, 6.07) is 13.8. The Hall–Kier alpha value is -2.59. The molecule has 104 valence electrons. The maximum atomic E-state index is 12.6. The van der Waals surface area contributed by atoms with Gasteiger partial charge in [0.25, 0.3) is 0 Å². The summed E-state index contributed by atoms with van der Waals surface area (Å²) in [4.78, 5) is 24.8. The molecule has 0 saturated heterocycles. The molecule has 0 aliphatic heterocycles. The molecule has 3 N–H and O–H groups in total. The highest BCUT2D eigenvalue weighted by molar-refractivity contribution is 6.50. The Kier molecular flexibility index (Phi) is 3.23. The fourth-order valence-electron chi connectivity index (χ4n) is 2.25. The van der Waals surface area contributed by atoms with E-state index in [1.807, 2.05) is 18.2 Å². The number of rotatable bonds is 2. The number of allylic oxidation sites excluding steroid dienone is 2. The van der Waals surface area contributed by atoms with Crippen LogP contribution in [-0.4, -0.2) is 11.6 Å². The molecule has 0 spiro atoms. The fraction of sp³-hybridized carbons (Fsp3) is 0. The van der Waals surface area contributed by atoms with Crippen LogP contribution >= 0.6 is 11.6 Å². The molecule has 0 unspecified atom stereocenters. The van der Waals surface area contributed by atoms with Crippen LogP contribution in [0, 0.1) is 0 Å². The maximum absolute atomic E-state index is 12.6. The highest BCUT2D eigenvalue weighted by atomic mass is 35.5. The first-order chi connectivity index (χ1) is 10.1. The quantitative estimate of drug-likeness (QED) is 0.835. The van der Waals surface area contributed by atoms with Crippen LogP contribution in [0.15, 0.2) is 59.3 Å². The summed E-state index contributed by atoms with van der Waals surface area (Å²) in [5.41, 5.74) is 7.26. The molecule has 0 saturated carbocycles. The van der Waals surface area contributed by atoms with E-state index in [-0.39, 0.29) is 33.3 Å². The Labute approximate surface area is 126 Å². The molecule has 0 bridgehead atoms. The molecular weight excluding hydrogens is 288 g/mol. The van der Waals surface area contributed by atoms with Crippen molar-refractivity contribution in [1.82, 2.24) is 0 Å². The number of anilines is 2. The Morgan fingerprint density at radius 2 is 1.62 bits per heavy atom. The van der Waals surface area contributed by atoms with Gasteiger partial charge < -0.3 is 11.1 Å². The number of benzene rings is 2. The van der Waals surface area contributed by atoms with E-state index < -0.39 is 5.78 Å². The number of carbonyl (C=O) groups excluding carboxylic acids is 2. The van der Waals surface area contributed by atoms with Gasteiger partial charge in [0.05, 0.1) is 5.56 Å². The third kappa shape index (κ3) is 2.19. The Morgan fingerprint density at radius 1 is 0.905 bits per heavy atom. The van der Waals surface area contributed by atoms with E-state index in [1.165, 1.54) is 0 Å². The normalized spacial score (nSPS) is 14.1. The van der Waals surface area contributed by atoms with Gasteiger partial charge in [0.1, 0.15) is 10.7 Å². The average molecular weight is 299 g/mol. The Balaban J connectivity index is 2.10. The van der Waals surface area contributed by atoms with Gasteiger partial charge in [-0.25, -0.2) is 0 Å². The van der Waals surface area contributed by atoms with Crippen molar-refractivity contribution in [2.24, 2.45) is 0 Å². The van der Waals surface area contributed by atoms with Gasteiger partial charge in [-0.1, -0.05) is 41.9 Å². The molecule has 0 fully saturated rings. The summed E-state index contributed by atoms with van der Waals surface area (Å²) < 4.78 is 0. The van der Waals surface area contributed by atoms with E-state index in [2.05, 4.69) is 5.32 Å². The molecule has 21 heavy (non-hydrogen) atoms. The second-order valence-electron chi connectivity index (χ2n) is 4.61. The monoisotopic (exact) mass is 298 g/mol. The molecule has 1 aliphatic carbocycles. The predicted molar refractivity (Wildman–Crippen MR) is 82.5 cm³/mol. The van der Waals surface area contributed by atoms with Crippen molar-refractivity contribution in [3.63, 3.8) is 0 Å². The van der Waals surface area contributed by atoms with E-state index in [0.29, 0.717) is 5.69 Å². The zero-order chi connectivity index (χ0) is 15.0. The van der Waals surface area contributed by atoms with Crippen molar-refractivity contribution in [2.45, 2.75) is 0 Å². The number of halogens is 1. The minimum absolute atomic E-state index is 0.0540. The van der Waals surface area contributed by atoms with E-state index in [4.69, 9.17) is 17.3 Å². The number of fused-ring (bicyclic) bond motifs is 1. The number of nitrogen functional groups attached to an aromatic ring is 1. The zero-order valence-corrected chi connectivity index (χ0v) is 11.6. The zero-order valence-electron chi connectivity index (χ0n) is 10.9. The highest BCUT2D eigenvalue weighted by Crippen LogP contribution is 2.32. The summed E-state index contributed by atoms with van der Waals surface area (Å²) in [6.07, 6.45) is 0. The lowest BCUT2D eigenvalue weighted by molar-refractivity contribution is 0.0982. The number of nitrogens with one attached hydrogen (secondary N) is 1. The summed E-state index contributed by atoms with van der Waals surface area (Å²) in [6.45, 7) is 0. The lowest BCUT2D eigenvalue weighted by Crippen LogP contribution is -2.25. The summed E-state index contributed by atoms with van der Waals surface area (Å²) in [5.74, 6) is -0.784. The molecule has 3 rings (SSSR count). The summed E-state index contributed by atoms with van der Waals surface area (Å²) in [5, 5.41) is 2.78. The summed E-state index contributed by atoms with van der Waals surface area (Å²) in [7, 11) is 0. The number of carbonyl (C=O) groups is 2. The van der Waals surface area contributed by atoms with Crippen molar-refractivity contribution in [2.75, 3.05) is 11.1 Å². The van der Waals surface area contributed by atoms with Gasteiger partial charge >= 0.3 is 0 Å². The molecule has 2 aromatic rings. The third-order valence-electron chi connectivity index (χ3n) is 3.26.